The highest BCUT2D eigenvalue weighted by Crippen LogP contribution is 2.30. The second kappa shape index (κ2) is 5.55. The van der Waals surface area contributed by atoms with Crippen molar-refractivity contribution in [1.82, 2.24) is 4.98 Å². The number of carboxylic acids is 1. The molecule has 0 aliphatic carbocycles. The van der Waals surface area contributed by atoms with Crippen LogP contribution in [0.15, 0.2) is 46.5 Å². The van der Waals surface area contributed by atoms with Gasteiger partial charge in [-0.05, 0) is 36.8 Å². The number of hydrogen-bond acceptors (Lipinski definition) is 4. The van der Waals surface area contributed by atoms with Crippen LogP contribution in [0.4, 0.5) is 0 Å². The monoisotopic (exact) mass is 270 g/mol. The van der Waals surface area contributed by atoms with Gasteiger partial charge in [0.05, 0.1) is 11.1 Å². The summed E-state index contributed by atoms with van der Waals surface area (Å²) >= 11 is 1.29. The lowest BCUT2D eigenvalue weighted by Gasteiger charge is -2.05. The van der Waals surface area contributed by atoms with Gasteiger partial charge in [-0.1, -0.05) is 17.8 Å². The van der Waals surface area contributed by atoms with Crippen LogP contribution in [-0.2, 0) is 0 Å². The van der Waals surface area contributed by atoms with Crippen molar-refractivity contribution in [1.29, 1.82) is 5.26 Å². The molecule has 1 heterocycles. The second-order valence-electron chi connectivity index (χ2n) is 3.85. The molecule has 0 bridgehead atoms. The van der Waals surface area contributed by atoms with E-state index in [1.807, 2.05) is 6.92 Å². The van der Waals surface area contributed by atoms with E-state index < -0.39 is 5.97 Å². The summed E-state index contributed by atoms with van der Waals surface area (Å²) in [4.78, 5) is 15.8. The number of aromatic nitrogens is 1. The van der Waals surface area contributed by atoms with Crippen LogP contribution in [0.25, 0.3) is 0 Å². The lowest BCUT2D eigenvalue weighted by Crippen LogP contribution is -1.96. The van der Waals surface area contributed by atoms with Gasteiger partial charge in [-0.2, -0.15) is 5.26 Å². The van der Waals surface area contributed by atoms with Crippen LogP contribution in [0.3, 0.4) is 0 Å². The second-order valence-corrected chi connectivity index (χ2v) is 4.92. The number of nitrogens with zero attached hydrogens (tertiary/aromatic N) is 2. The predicted molar refractivity (Wildman–Crippen MR) is 71.2 cm³/mol. The summed E-state index contributed by atoms with van der Waals surface area (Å²) in [5.74, 6) is -0.972. The van der Waals surface area contributed by atoms with E-state index >= 15 is 0 Å². The molecule has 4 nitrogen and oxygen atoms in total. The van der Waals surface area contributed by atoms with E-state index in [9.17, 15) is 4.79 Å². The van der Waals surface area contributed by atoms with Crippen LogP contribution in [0.5, 0.6) is 0 Å². The Bertz CT molecular complexity index is 677. The fourth-order valence-electron chi connectivity index (χ4n) is 1.55. The molecule has 0 unspecified atom stereocenters. The van der Waals surface area contributed by atoms with Gasteiger partial charge in [0, 0.05) is 11.1 Å². The van der Waals surface area contributed by atoms with E-state index in [0.29, 0.717) is 10.6 Å². The van der Waals surface area contributed by atoms with Crippen LogP contribution in [0.1, 0.15) is 21.5 Å². The molecular formula is C14H10N2O2S. The Kier molecular flexibility index (Phi) is 3.83. The SMILES string of the molecule is Cc1ccnc(Sc2cccc(C(=O)O)c2)c1C#N. The fourth-order valence-corrected chi connectivity index (χ4v) is 2.53. The van der Waals surface area contributed by atoms with E-state index in [2.05, 4.69) is 11.1 Å². The first kappa shape index (κ1) is 13.1. The quantitative estimate of drug-likeness (QED) is 0.927. The largest absolute Gasteiger partial charge is 0.478 e. The van der Waals surface area contributed by atoms with Crippen molar-refractivity contribution in [2.24, 2.45) is 0 Å². The van der Waals surface area contributed by atoms with Gasteiger partial charge in [-0.15, -0.1) is 0 Å². The Labute approximate surface area is 114 Å². The minimum absolute atomic E-state index is 0.219. The summed E-state index contributed by atoms with van der Waals surface area (Å²) in [5.41, 5.74) is 1.60. The van der Waals surface area contributed by atoms with Crippen LogP contribution < -0.4 is 0 Å². The normalized spacial score (nSPS) is 9.89. The Morgan fingerprint density at radius 3 is 2.89 bits per heavy atom. The maximum absolute atomic E-state index is 10.9. The lowest BCUT2D eigenvalue weighted by atomic mass is 10.2. The lowest BCUT2D eigenvalue weighted by molar-refractivity contribution is 0.0696. The van der Waals surface area contributed by atoms with E-state index in [1.54, 1.807) is 30.5 Å². The molecule has 2 rings (SSSR count). The van der Waals surface area contributed by atoms with Gasteiger partial charge in [0.2, 0.25) is 0 Å². The maximum atomic E-state index is 10.9. The summed E-state index contributed by atoms with van der Waals surface area (Å²) in [6.45, 7) is 1.85. The number of benzene rings is 1. The van der Waals surface area contributed by atoms with Crippen molar-refractivity contribution in [3.05, 3.63) is 53.2 Å². The van der Waals surface area contributed by atoms with E-state index in [1.165, 1.54) is 17.8 Å². The summed E-state index contributed by atoms with van der Waals surface area (Å²) in [6.07, 6.45) is 1.64. The summed E-state index contributed by atoms with van der Waals surface area (Å²) in [7, 11) is 0. The van der Waals surface area contributed by atoms with E-state index in [0.717, 1.165) is 10.5 Å². The first-order chi connectivity index (χ1) is 9.11. The van der Waals surface area contributed by atoms with Gasteiger partial charge in [0.1, 0.15) is 11.1 Å². The van der Waals surface area contributed by atoms with Crippen molar-refractivity contribution in [3.63, 3.8) is 0 Å². The molecule has 0 saturated carbocycles. The zero-order valence-corrected chi connectivity index (χ0v) is 10.9. The molecule has 0 saturated heterocycles. The minimum atomic E-state index is -0.972. The third kappa shape index (κ3) is 2.92. The van der Waals surface area contributed by atoms with Crippen LogP contribution in [0, 0.1) is 18.3 Å². The summed E-state index contributed by atoms with van der Waals surface area (Å²) in [5, 5.41) is 18.7. The van der Waals surface area contributed by atoms with Gasteiger partial charge in [-0.25, -0.2) is 9.78 Å². The number of rotatable bonds is 3. The van der Waals surface area contributed by atoms with Gasteiger partial charge in [-0.3, -0.25) is 0 Å². The summed E-state index contributed by atoms with van der Waals surface area (Å²) < 4.78 is 0. The molecule has 0 aliphatic rings. The molecule has 0 fully saturated rings. The Morgan fingerprint density at radius 1 is 1.42 bits per heavy atom. The standard InChI is InChI=1S/C14H10N2O2S/c1-9-5-6-16-13(12(9)8-15)19-11-4-2-3-10(7-11)14(17)18/h2-7H,1H3,(H,17,18). The number of aryl methyl sites for hydroxylation is 1. The molecule has 1 N–H and O–H groups in total. The highest BCUT2D eigenvalue weighted by molar-refractivity contribution is 7.99. The number of nitriles is 1. The topological polar surface area (TPSA) is 74.0 Å². The van der Waals surface area contributed by atoms with E-state index in [4.69, 9.17) is 10.4 Å². The zero-order chi connectivity index (χ0) is 13.8. The van der Waals surface area contributed by atoms with Crippen LogP contribution in [-0.4, -0.2) is 16.1 Å². The first-order valence-corrected chi connectivity index (χ1v) is 6.30. The average molecular weight is 270 g/mol. The first-order valence-electron chi connectivity index (χ1n) is 5.48. The zero-order valence-electron chi connectivity index (χ0n) is 10.1. The molecule has 1 aromatic carbocycles. The van der Waals surface area contributed by atoms with Crippen molar-refractivity contribution < 1.29 is 9.90 Å². The van der Waals surface area contributed by atoms with Crippen molar-refractivity contribution in [3.8, 4) is 6.07 Å². The molecule has 1 aromatic heterocycles. The van der Waals surface area contributed by atoms with Gasteiger partial charge in [0.15, 0.2) is 0 Å². The van der Waals surface area contributed by atoms with Crippen molar-refractivity contribution >= 4 is 17.7 Å². The minimum Gasteiger partial charge on any atom is -0.478 e. The molecule has 2 aromatic rings. The Morgan fingerprint density at radius 2 is 2.21 bits per heavy atom. The van der Waals surface area contributed by atoms with Crippen LogP contribution >= 0.6 is 11.8 Å². The van der Waals surface area contributed by atoms with Crippen molar-refractivity contribution in [2.75, 3.05) is 0 Å². The Hall–Kier alpha value is -2.32. The highest BCUT2D eigenvalue weighted by Gasteiger charge is 2.10. The number of aromatic carboxylic acids is 1. The molecule has 0 spiro atoms. The molecular weight excluding hydrogens is 260 g/mol. The molecule has 0 amide bonds. The predicted octanol–water partition coefficient (Wildman–Crippen LogP) is 3.11. The molecule has 94 valence electrons. The third-order valence-corrected chi connectivity index (χ3v) is 3.52. The number of hydrogen-bond donors (Lipinski definition) is 1. The highest BCUT2D eigenvalue weighted by atomic mass is 32.2. The smallest absolute Gasteiger partial charge is 0.335 e. The van der Waals surface area contributed by atoms with Crippen molar-refractivity contribution in [2.45, 2.75) is 16.8 Å². The van der Waals surface area contributed by atoms with Gasteiger partial charge in [0.25, 0.3) is 0 Å². The summed E-state index contributed by atoms with van der Waals surface area (Å²) in [6, 6.07) is 10.5. The molecule has 19 heavy (non-hydrogen) atoms. The number of carboxylic acid groups (broad SMARTS) is 1. The molecule has 0 radical (unpaired) electrons. The fraction of sp³-hybridized carbons (Fsp3) is 0.0714. The average Bonchev–Trinajstić information content (AvgIpc) is 2.39. The van der Waals surface area contributed by atoms with Gasteiger partial charge >= 0.3 is 5.97 Å². The Balaban J connectivity index is 2.37. The molecule has 0 aliphatic heterocycles. The van der Waals surface area contributed by atoms with Gasteiger partial charge < -0.3 is 5.11 Å². The van der Waals surface area contributed by atoms with Crippen LogP contribution in [0.2, 0.25) is 0 Å². The number of carbonyl (C=O) groups is 1. The molecule has 5 heteroatoms. The third-order valence-electron chi connectivity index (χ3n) is 2.53. The van der Waals surface area contributed by atoms with E-state index in [-0.39, 0.29) is 5.56 Å². The molecule has 0 atom stereocenters. The maximum Gasteiger partial charge on any atom is 0.335 e. The number of pyridine rings is 1.